The molecule has 8 aromatic carbocycles. The van der Waals surface area contributed by atoms with Gasteiger partial charge in [0.1, 0.15) is 11.5 Å². The van der Waals surface area contributed by atoms with E-state index in [9.17, 15) is 0 Å². The summed E-state index contributed by atoms with van der Waals surface area (Å²) < 4.78 is 13.7. The van der Waals surface area contributed by atoms with Gasteiger partial charge in [0.25, 0.3) is 0 Å². The fourth-order valence-electron chi connectivity index (χ4n) is 7.61. The number of hydrogen-bond acceptors (Lipinski definition) is 4. The molecule has 0 aromatic heterocycles. The molecule has 0 saturated carbocycles. The lowest BCUT2D eigenvalue weighted by Gasteiger charge is -2.30. The lowest BCUT2D eigenvalue weighted by Crippen LogP contribution is -2.33. The number of esters is 2. The number of benzene rings is 8. The maximum Gasteiger partial charge on any atom is 0.320 e. The van der Waals surface area contributed by atoms with Crippen molar-refractivity contribution in [3.63, 3.8) is 0 Å². The van der Waals surface area contributed by atoms with Gasteiger partial charge in [-0.3, -0.25) is 9.59 Å². The summed E-state index contributed by atoms with van der Waals surface area (Å²) in [5, 5.41) is 3.39. The molecule has 1 aliphatic heterocycles. The number of ether oxygens (including phenoxy) is 2. The molecular weight excluding hydrogens is 641 g/mol. The number of rotatable bonds is 4. The van der Waals surface area contributed by atoms with Crippen molar-refractivity contribution in [2.24, 2.45) is 0 Å². The van der Waals surface area contributed by atoms with Crippen LogP contribution in [0.25, 0.3) is 54.9 Å². The summed E-state index contributed by atoms with van der Waals surface area (Å²) in [5.41, 5.74) is 6.24. The van der Waals surface area contributed by atoms with Crippen molar-refractivity contribution in [3.05, 3.63) is 193 Å². The van der Waals surface area contributed by atoms with E-state index in [0.29, 0.717) is 33.8 Å². The van der Waals surface area contributed by atoms with Gasteiger partial charge in [-0.2, -0.15) is 0 Å². The molecule has 8 aromatic rings. The van der Waals surface area contributed by atoms with E-state index in [-0.39, 0.29) is 0 Å². The minimum absolute atomic E-state index is 0.418. The van der Waals surface area contributed by atoms with Crippen molar-refractivity contribution in [1.29, 1.82) is 0 Å². The molecule has 0 bridgehead atoms. The van der Waals surface area contributed by atoms with Crippen LogP contribution in [-0.2, 0) is 9.59 Å². The van der Waals surface area contributed by atoms with Crippen molar-refractivity contribution < 1.29 is 19.1 Å². The molecule has 1 heterocycles. The first-order valence-electron chi connectivity index (χ1n) is 17.4. The van der Waals surface area contributed by atoms with Gasteiger partial charge >= 0.3 is 11.9 Å². The first kappa shape index (κ1) is 31.2. The summed E-state index contributed by atoms with van der Waals surface area (Å²) >= 11 is 0. The zero-order chi connectivity index (χ0) is 35.0. The van der Waals surface area contributed by atoms with Crippen LogP contribution in [0.4, 0.5) is 0 Å². The van der Waals surface area contributed by atoms with Crippen LogP contribution in [0, 0.1) is 0 Å². The van der Waals surface area contributed by atoms with Crippen LogP contribution in [0.3, 0.4) is 0 Å². The average molecular weight is 673 g/mol. The molecule has 248 valence electrons. The molecule has 4 heteroatoms. The number of fused-ring (bicyclic) bond motifs is 7. The largest absolute Gasteiger partial charge is 0.425 e. The normalized spacial score (nSPS) is 15.7. The third kappa shape index (κ3) is 5.42. The van der Waals surface area contributed by atoms with Gasteiger partial charge in [-0.25, -0.2) is 0 Å². The maximum absolute atomic E-state index is 15.1. The Balaban J connectivity index is 1.47. The van der Waals surface area contributed by atoms with Crippen LogP contribution in [0.1, 0.15) is 23.0 Å². The van der Waals surface area contributed by atoms with Crippen molar-refractivity contribution >= 4 is 33.5 Å². The van der Waals surface area contributed by atoms with Crippen molar-refractivity contribution in [3.8, 4) is 44.9 Å². The zero-order valence-corrected chi connectivity index (χ0v) is 28.1. The molecule has 0 saturated heterocycles. The molecule has 0 aliphatic carbocycles. The standard InChI is InChI=1S/C48H32O4/c49-47-41(33-21-9-3-10-22-33)42(34-23-11-4-12-24-34)48(50)52-46-38-28-16-14-26-36(38)30-40(32-19-7-2-8-20-32)44(46)43-39(31-17-5-1-6-18-31)29-35-25-13-15-27-37(35)45(43)51-47/h1-30,41-42H. The Labute approximate surface area is 301 Å². The Morgan fingerprint density at radius 3 is 1.08 bits per heavy atom. The zero-order valence-electron chi connectivity index (χ0n) is 28.1. The van der Waals surface area contributed by atoms with Crippen LogP contribution in [0.15, 0.2) is 182 Å². The second-order valence-corrected chi connectivity index (χ2v) is 13.0. The Kier molecular flexibility index (Phi) is 7.90. The Hall–Kier alpha value is -6.78. The highest BCUT2D eigenvalue weighted by Gasteiger charge is 2.42. The van der Waals surface area contributed by atoms with Crippen molar-refractivity contribution in [2.45, 2.75) is 11.8 Å². The molecule has 0 amide bonds. The highest BCUT2D eigenvalue weighted by atomic mass is 16.5. The third-order valence-electron chi connectivity index (χ3n) is 9.99. The molecule has 1 aliphatic rings. The van der Waals surface area contributed by atoms with E-state index in [4.69, 9.17) is 9.47 Å². The molecule has 0 N–H and O–H groups in total. The summed E-state index contributed by atoms with van der Waals surface area (Å²) in [6.45, 7) is 0. The summed E-state index contributed by atoms with van der Waals surface area (Å²) in [7, 11) is 0. The van der Waals surface area contributed by atoms with E-state index >= 15 is 9.59 Å². The van der Waals surface area contributed by atoms with Gasteiger partial charge < -0.3 is 9.47 Å². The minimum Gasteiger partial charge on any atom is -0.425 e. The second kappa shape index (κ2) is 13.2. The van der Waals surface area contributed by atoms with Gasteiger partial charge in [0, 0.05) is 21.9 Å². The number of carbonyl (C=O) groups is 2. The lowest BCUT2D eigenvalue weighted by molar-refractivity contribution is -0.144. The van der Waals surface area contributed by atoms with Gasteiger partial charge in [-0.15, -0.1) is 0 Å². The maximum atomic E-state index is 15.1. The van der Waals surface area contributed by atoms with Gasteiger partial charge in [0.15, 0.2) is 0 Å². The topological polar surface area (TPSA) is 52.6 Å². The number of carbonyl (C=O) groups excluding carboxylic acids is 2. The predicted octanol–water partition coefficient (Wildman–Crippen LogP) is 11.4. The molecule has 0 fully saturated rings. The second-order valence-electron chi connectivity index (χ2n) is 13.0. The number of hydrogen-bond donors (Lipinski definition) is 0. The van der Waals surface area contributed by atoms with Gasteiger partial charge in [-0.05, 0) is 56.3 Å². The van der Waals surface area contributed by atoms with E-state index in [1.807, 2.05) is 146 Å². The summed E-state index contributed by atoms with van der Waals surface area (Å²) in [5.74, 6) is -2.26. The summed E-state index contributed by atoms with van der Waals surface area (Å²) in [6, 6.07) is 59.2. The van der Waals surface area contributed by atoms with Gasteiger partial charge in [0.2, 0.25) is 0 Å². The molecule has 2 atom stereocenters. The molecular formula is C48H32O4. The van der Waals surface area contributed by atoms with Crippen LogP contribution >= 0.6 is 0 Å². The van der Waals surface area contributed by atoms with E-state index in [2.05, 4.69) is 36.4 Å². The first-order valence-corrected chi connectivity index (χ1v) is 17.4. The van der Waals surface area contributed by atoms with E-state index in [1.54, 1.807) is 0 Å². The van der Waals surface area contributed by atoms with E-state index < -0.39 is 23.8 Å². The van der Waals surface area contributed by atoms with E-state index in [0.717, 1.165) is 43.8 Å². The van der Waals surface area contributed by atoms with E-state index in [1.165, 1.54) is 0 Å². The van der Waals surface area contributed by atoms with Crippen molar-refractivity contribution in [2.75, 3.05) is 0 Å². The molecule has 0 spiro atoms. The van der Waals surface area contributed by atoms with Crippen LogP contribution in [-0.4, -0.2) is 11.9 Å². The van der Waals surface area contributed by atoms with Crippen molar-refractivity contribution in [1.82, 2.24) is 0 Å². The monoisotopic (exact) mass is 672 g/mol. The molecule has 4 nitrogen and oxygen atoms in total. The quantitative estimate of drug-likeness (QED) is 0.138. The average Bonchev–Trinajstić information content (AvgIpc) is 3.20. The fourth-order valence-corrected chi connectivity index (χ4v) is 7.61. The van der Waals surface area contributed by atoms with Crippen LogP contribution in [0.5, 0.6) is 11.5 Å². The van der Waals surface area contributed by atoms with Gasteiger partial charge in [-0.1, -0.05) is 170 Å². The highest BCUT2D eigenvalue weighted by Crippen LogP contribution is 2.54. The summed E-state index contributed by atoms with van der Waals surface area (Å²) in [4.78, 5) is 30.1. The highest BCUT2D eigenvalue weighted by molar-refractivity contribution is 6.13. The molecule has 52 heavy (non-hydrogen) atoms. The third-order valence-corrected chi connectivity index (χ3v) is 9.99. The Bertz CT molecular complexity index is 2410. The van der Waals surface area contributed by atoms with Crippen LogP contribution in [0.2, 0.25) is 0 Å². The Morgan fingerprint density at radius 1 is 0.365 bits per heavy atom. The molecule has 2 unspecified atom stereocenters. The lowest BCUT2D eigenvalue weighted by atomic mass is 9.80. The smallest absolute Gasteiger partial charge is 0.320 e. The van der Waals surface area contributed by atoms with Gasteiger partial charge in [0.05, 0.1) is 11.8 Å². The molecule has 0 radical (unpaired) electrons. The molecule has 9 rings (SSSR count). The minimum atomic E-state index is -1.01. The predicted molar refractivity (Wildman–Crippen MR) is 207 cm³/mol. The Morgan fingerprint density at radius 2 is 0.692 bits per heavy atom. The first-order chi connectivity index (χ1) is 25.7. The SMILES string of the molecule is O=C1Oc2c(c(-c3ccccc3)cc3ccccc23)-c2c(-c3ccccc3)cc3ccccc3c2OC(=O)C(c2ccccc2)C1c1ccccc1. The van der Waals surface area contributed by atoms with Crippen LogP contribution < -0.4 is 9.47 Å². The summed E-state index contributed by atoms with van der Waals surface area (Å²) in [6.07, 6.45) is 0. The fraction of sp³-hybridized carbons (Fsp3) is 0.0417.